The van der Waals surface area contributed by atoms with Crippen LogP contribution in [0.3, 0.4) is 0 Å². The van der Waals surface area contributed by atoms with Crippen LogP contribution in [0.4, 0.5) is 5.69 Å². The Hall–Kier alpha value is -2.15. The molecule has 1 amide bonds. The second-order valence-electron chi connectivity index (χ2n) is 4.08. The monoisotopic (exact) mass is 266 g/mol. The van der Waals surface area contributed by atoms with E-state index in [9.17, 15) is 14.9 Å². The van der Waals surface area contributed by atoms with Crippen molar-refractivity contribution in [1.82, 2.24) is 4.90 Å². The minimum absolute atomic E-state index is 0.157. The fourth-order valence-electron chi connectivity index (χ4n) is 1.88. The van der Waals surface area contributed by atoms with Gasteiger partial charge in [-0.15, -0.1) is 0 Å². The molecule has 1 fully saturated rings. The van der Waals surface area contributed by atoms with Crippen molar-refractivity contribution in [3.63, 3.8) is 0 Å². The Morgan fingerprint density at radius 2 is 2.05 bits per heavy atom. The third kappa shape index (κ3) is 3.00. The van der Waals surface area contributed by atoms with Gasteiger partial charge in [0.05, 0.1) is 36.9 Å². The lowest BCUT2D eigenvalue weighted by Gasteiger charge is -2.26. The van der Waals surface area contributed by atoms with Crippen molar-refractivity contribution in [2.75, 3.05) is 33.4 Å². The molecule has 0 bridgehead atoms. The van der Waals surface area contributed by atoms with E-state index in [1.807, 2.05) is 0 Å². The van der Waals surface area contributed by atoms with E-state index in [-0.39, 0.29) is 17.2 Å². The lowest BCUT2D eigenvalue weighted by molar-refractivity contribution is -0.385. The van der Waals surface area contributed by atoms with E-state index in [1.54, 1.807) is 4.90 Å². The maximum Gasteiger partial charge on any atom is 0.273 e. The number of ether oxygens (including phenoxy) is 2. The van der Waals surface area contributed by atoms with Gasteiger partial charge in [0.25, 0.3) is 11.6 Å². The molecule has 1 aliphatic heterocycles. The van der Waals surface area contributed by atoms with Gasteiger partial charge in [0.2, 0.25) is 0 Å². The Labute approximate surface area is 109 Å². The number of morpholine rings is 1. The zero-order valence-electron chi connectivity index (χ0n) is 10.5. The first kappa shape index (κ1) is 13.3. The highest BCUT2D eigenvalue weighted by Crippen LogP contribution is 2.23. The Balaban J connectivity index is 2.29. The fourth-order valence-corrected chi connectivity index (χ4v) is 1.88. The van der Waals surface area contributed by atoms with Crippen LogP contribution in [0.1, 0.15) is 10.4 Å². The summed E-state index contributed by atoms with van der Waals surface area (Å²) in [6.07, 6.45) is 0. The quantitative estimate of drug-likeness (QED) is 0.604. The maximum absolute atomic E-state index is 12.2. The van der Waals surface area contributed by atoms with Gasteiger partial charge in [-0.3, -0.25) is 14.9 Å². The molecular weight excluding hydrogens is 252 g/mol. The van der Waals surface area contributed by atoms with Gasteiger partial charge in [0.1, 0.15) is 5.75 Å². The van der Waals surface area contributed by atoms with Crippen molar-refractivity contribution >= 4 is 11.6 Å². The van der Waals surface area contributed by atoms with Crippen LogP contribution in [0.15, 0.2) is 18.2 Å². The summed E-state index contributed by atoms with van der Waals surface area (Å²) < 4.78 is 10.1. The van der Waals surface area contributed by atoms with Gasteiger partial charge in [-0.05, 0) is 6.07 Å². The lowest BCUT2D eigenvalue weighted by Crippen LogP contribution is -2.40. The number of nitrogens with zero attached hydrogens (tertiary/aromatic N) is 2. The topological polar surface area (TPSA) is 81.9 Å². The summed E-state index contributed by atoms with van der Waals surface area (Å²) >= 11 is 0. The van der Waals surface area contributed by atoms with Crippen molar-refractivity contribution < 1.29 is 19.2 Å². The summed E-state index contributed by atoms with van der Waals surface area (Å²) in [4.78, 5) is 24.1. The number of benzene rings is 1. The first-order valence-electron chi connectivity index (χ1n) is 5.82. The largest absolute Gasteiger partial charge is 0.496 e. The number of nitro groups is 1. The molecule has 1 aromatic rings. The number of carbonyl (C=O) groups excluding carboxylic acids is 1. The van der Waals surface area contributed by atoms with Crippen molar-refractivity contribution in [2.24, 2.45) is 0 Å². The van der Waals surface area contributed by atoms with Crippen LogP contribution in [0.5, 0.6) is 5.75 Å². The summed E-state index contributed by atoms with van der Waals surface area (Å²) in [7, 11) is 1.40. The molecule has 1 saturated heterocycles. The number of non-ortho nitro benzene ring substituents is 1. The zero-order valence-corrected chi connectivity index (χ0v) is 10.5. The van der Waals surface area contributed by atoms with Crippen LogP contribution in [0.2, 0.25) is 0 Å². The lowest BCUT2D eigenvalue weighted by atomic mass is 10.1. The molecule has 1 heterocycles. The third-order valence-electron chi connectivity index (χ3n) is 2.88. The highest BCUT2D eigenvalue weighted by Gasteiger charge is 2.21. The van der Waals surface area contributed by atoms with Crippen LogP contribution < -0.4 is 4.74 Å². The van der Waals surface area contributed by atoms with Crippen LogP contribution in [-0.2, 0) is 4.74 Å². The first-order valence-corrected chi connectivity index (χ1v) is 5.82. The summed E-state index contributed by atoms with van der Waals surface area (Å²) in [6, 6.07) is 4.06. The number of amides is 1. The number of rotatable bonds is 3. The molecule has 0 spiro atoms. The molecule has 0 aromatic heterocycles. The molecule has 2 rings (SSSR count). The molecule has 7 heteroatoms. The minimum Gasteiger partial charge on any atom is -0.496 e. The van der Waals surface area contributed by atoms with E-state index in [0.717, 1.165) is 0 Å². The molecule has 0 saturated carbocycles. The molecule has 0 radical (unpaired) electrons. The van der Waals surface area contributed by atoms with Gasteiger partial charge in [-0.25, -0.2) is 0 Å². The van der Waals surface area contributed by atoms with Crippen LogP contribution in [-0.4, -0.2) is 49.1 Å². The molecule has 0 unspecified atom stereocenters. The molecule has 1 aliphatic rings. The summed E-state index contributed by atoms with van der Waals surface area (Å²) in [6.45, 7) is 1.95. The molecular formula is C12H14N2O5. The third-order valence-corrected chi connectivity index (χ3v) is 2.88. The van der Waals surface area contributed by atoms with E-state index in [4.69, 9.17) is 9.47 Å². The summed E-state index contributed by atoms with van der Waals surface area (Å²) in [5, 5.41) is 10.8. The average molecular weight is 266 g/mol. The SMILES string of the molecule is COc1cc(C(=O)N2CCOCC2)cc([N+](=O)[O-])c1. The fraction of sp³-hybridized carbons (Fsp3) is 0.417. The summed E-state index contributed by atoms with van der Waals surface area (Å²) in [5.74, 6) is 0.0520. The van der Waals surface area contributed by atoms with Gasteiger partial charge in [0, 0.05) is 19.2 Å². The Bertz CT molecular complexity index is 497. The number of hydrogen-bond donors (Lipinski definition) is 0. The number of carbonyl (C=O) groups is 1. The predicted octanol–water partition coefficient (Wildman–Crippen LogP) is 1.08. The Morgan fingerprint density at radius 1 is 1.37 bits per heavy atom. The highest BCUT2D eigenvalue weighted by atomic mass is 16.6. The molecule has 1 aromatic carbocycles. The van der Waals surface area contributed by atoms with Gasteiger partial charge >= 0.3 is 0 Å². The number of hydrogen-bond acceptors (Lipinski definition) is 5. The van der Waals surface area contributed by atoms with Gasteiger partial charge in [-0.2, -0.15) is 0 Å². The first-order chi connectivity index (χ1) is 9.11. The molecule has 102 valence electrons. The Kier molecular flexibility index (Phi) is 3.96. The van der Waals surface area contributed by atoms with Crippen molar-refractivity contribution in [1.29, 1.82) is 0 Å². The van der Waals surface area contributed by atoms with Crippen molar-refractivity contribution in [2.45, 2.75) is 0 Å². The smallest absolute Gasteiger partial charge is 0.273 e. The van der Waals surface area contributed by atoms with E-state index in [0.29, 0.717) is 32.1 Å². The molecule has 19 heavy (non-hydrogen) atoms. The maximum atomic E-state index is 12.2. The van der Waals surface area contributed by atoms with Gasteiger partial charge < -0.3 is 14.4 Å². The standard InChI is InChI=1S/C12H14N2O5/c1-18-11-7-9(6-10(8-11)14(16)17)12(15)13-2-4-19-5-3-13/h6-8H,2-5H2,1H3. The second kappa shape index (κ2) is 5.66. The molecule has 0 aliphatic carbocycles. The van der Waals surface area contributed by atoms with Crippen molar-refractivity contribution in [3.8, 4) is 5.75 Å². The average Bonchev–Trinajstić information content (AvgIpc) is 2.46. The van der Waals surface area contributed by atoms with E-state index < -0.39 is 4.92 Å². The van der Waals surface area contributed by atoms with Crippen LogP contribution in [0.25, 0.3) is 0 Å². The number of nitro benzene ring substituents is 1. The van der Waals surface area contributed by atoms with Crippen molar-refractivity contribution in [3.05, 3.63) is 33.9 Å². The zero-order chi connectivity index (χ0) is 13.8. The van der Waals surface area contributed by atoms with E-state index in [1.165, 1.54) is 25.3 Å². The second-order valence-corrected chi connectivity index (χ2v) is 4.08. The van der Waals surface area contributed by atoms with Gasteiger partial charge in [0.15, 0.2) is 0 Å². The number of methoxy groups -OCH3 is 1. The summed E-state index contributed by atoms with van der Waals surface area (Å²) in [5.41, 5.74) is 0.101. The normalized spacial score (nSPS) is 15.1. The highest BCUT2D eigenvalue weighted by molar-refractivity contribution is 5.95. The minimum atomic E-state index is -0.543. The molecule has 7 nitrogen and oxygen atoms in total. The van der Waals surface area contributed by atoms with Crippen LogP contribution in [0, 0.1) is 10.1 Å². The van der Waals surface area contributed by atoms with E-state index >= 15 is 0 Å². The Morgan fingerprint density at radius 3 is 2.63 bits per heavy atom. The van der Waals surface area contributed by atoms with Gasteiger partial charge in [-0.1, -0.05) is 0 Å². The predicted molar refractivity (Wildman–Crippen MR) is 66.4 cm³/mol. The van der Waals surface area contributed by atoms with E-state index in [2.05, 4.69) is 0 Å². The molecule has 0 N–H and O–H groups in total. The molecule has 0 atom stereocenters. The van der Waals surface area contributed by atoms with Crippen LogP contribution >= 0.6 is 0 Å².